The SMILES string of the molecule is CCCCOCCOC(C)(C)C(C)C. The summed E-state index contributed by atoms with van der Waals surface area (Å²) in [6.07, 6.45) is 2.34. The monoisotopic (exact) mass is 202 g/mol. The topological polar surface area (TPSA) is 18.5 Å². The molecule has 0 heterocycles. The van der Waals surface area contributed by atoms with Crippen LogP contribution in [0.2, 0.25) is 0 Å². The van der Waals surface area contributed by atoms with Crippen molar-refractivity contribution in [3.8, 4) is 0 Å². The van der Waals surface area contributed by atoms with Crippen LogP contribution in [0.25, 0.3) is 0 Å². The van der Waals surface area contributed by atoms with Crippen LogP contribution < -0.4 is 0 Å². The molecule has 2 nitrogen and oxygen atoms in total. The zero-order chi connectivity index (χ0) is 11.0. The van der Waals surface area contributed by atoms with Crippen molar-refractivity contribution in [3.05, 3.63) is 0 Å². The van der Waals surface area contributed by atoms with Gasteiger partial charge >= 0.3 is 0 Å². The van der Waals surface area contributed by atoms with Crippen LogP contribution in [0.3, 0.4) is 0 Å². The Morgan fingerprint density at radius 1 is 1.07 bits per heavy atom. The average Bonchev–Trinajstić information content (AvgIpc) is 2.10. The second kappa shape index (κ2) is 7.24. The van der Waals surface area contributed by atoms with E-state index in [-0.39, 0.29) is 5.60 Å². The Balaban J connectivity index is 3.35. The van der Waals surface area contributed by atoms with Crippen LogP contribution in [-0.4, -0.2) is 25.4 Å². The molecule has 0 fully saturated rings. The minimum atomic E-state index is -0.0336. The van der Waals surface area contributed by atoms with Crippen LogP contribution in [-0.2, 0) is 9.47 Å². The Kier molecular flexibility index (Phi) is 7.20. The van der Waals surface area contributed by atoms with Gasteiger partial charge in [-0.1, -0.05) is 27.2 Å². The molecule has 0 bridgehead atoms. The normalized spacial score (nSPS) is 12.4. The lowest BCUT2D eigenvalue weighted by Gasteiger charge is -2.29. The van der Waals surface area contributed by atoms with Gasteiger partial charge in [-0.3, -0.25) is 0 Å². The fraction of sp³-hybridized carbons (Fsp3) is 1.00. The molecule has 0 N–H and O–H groups in total. The van der Waals surface area contributed by atoms with Gasteiger partial charge in [-0.05, 0) is 26.2 Å². The van der Waals surface area contributed by atoms with Crippen LogP contribution in [0.4, 0.5) is 0 Å². The summed E-state index contributed by atoms with van der Waals surface area (Å²) in [5, 5.41) is 0. The zero-order valence-electron chi connectivity index (χ0n) is 10.4. The maximum Gasteiger partial charge on any atom is 0.0707 e. The van der Waals surface area contributed by atoms with Crippen molar-refractivity contribution < 1.29 is 9.47 Å². The lowest BCUT2D eigenvalue weighted by atomic mass is 9.95. The maximum absolute atomic E-state index is 5.75. The minimum Gasteiger partial charge on any atom is -0.379 e. The molecule has 0 aromatic carbocycles. The van der Waals surface area contributed by atoms with Crippen LogP contribution in [0.15, 0.2) is 0 Å². The smallest absolute Gasteiger partial charge is 0.0707 e. The summed E-state index contributed by atoms with van der Waals surface area (Å²) in [4.78, 5) is 0. The highest BCUT2D eigenvalue weighted by Crippen LogP contribution is 2.19. The third-order valence-electron chi connectivity index (χ3n) is 2.73. The summed E-state index contributed by atoms with van der Waals surface area (Å²) >= 11 is 0. The summed E-state index contributed by atoms with van der Waals surface area (Å²) in [5.41, 5.74) is -0.0336. The van der Waals surface area contributed by atoms with E-state index in [4.69, 9.17) is 9.47 Å². The molecule has 86 valence electrons. The van der Waals surface area contributed by atoms with Crippen molar-refractivity contribution in [2.45, 2.75) is 53.1 Å². The first-order valence-corrected chi connectivity index (χ1v) is 5.72. The van der Waals surface area contributed by atoms with E-state index in [9.17, 15) is 0 Å². The number of ether oxygens (including phenoxy) is 2. The maximum atomic E-state index is 5.75. The lowest BCUT2D eigenvalue weighted by Crippen LogP contribution is -2.32. The van der Waals surface area contributed by atoms with E-state index in [2.05, 4.69) is 34.6 Å². The fourth-order valence-electron chi connectivity index (χ4n) is 0.879. The van der Waals surface area contributed by atoms with Gasteiger partial charge in [-0.15, -0.1) is 0 Å². The van der Waals surface area contributed by atoms with Crippen molar-refractivity contribution in [1.29, 1.82) is 0 Å². The first kappa shape index (κ1) is 13.9. The Labute approximate surface area is 89.0 Å². The van der Waals surface area contributed by atoms with Gasteiger partial charge in [-0.25, -0.2) is 0 Å². The molecule has 0 spiro atoms. The molecule has 0 saturated carbocycles. The van der Waals surface area contributed by atoms with Gasteiger partial charge in [0.1, 0.15) is 0 Å². The van der Waals surface area contributed by atoms with Crippen LogP contribution in [0, 0.1) is 5.92 Å². The van der Waals surface area contributed by atoms with Crippen LogP contribution >= 0.6 is 0 Å². The summed E-state index contributed by atoms with van der Waals surface area (Å²) < 4.78 is 11.2. The molecule has 0 aromatic heterocycles. The predicted octanol–water partition coefficient (Wildman–Crippen LogP) is 3.25. The van der Waals surface area contributed by atoms with Crippen molar-refractivity contribution in [1.82, 2.24) is 0 Å². The zero-order valence-corrected chi connectivity index (χ0v) is 10.4. The van der Waals surface area contributed by atoms with Crippen molar-refractivity contribution >= 4 is 0 Å². The first-order valence-electron chi connectivity index (χ1n) is 5.72. The van der Waals surface area contributed by atoms with Crippen molar-refractivity contribution in [3.63, 3.8) is 0 Å². The minimum absolute atomic E-state index is 0.0336. The molecule has 0 radical (unpaired) electrons. The molecule has 0 atom stereocenters. The molecule has 14 heavy (non-hydrogen) atoms. The molecule has 0 aliphatic rings. The molecular weight excluding hydrogens is 176 g/mol. The van der Waals surface area contributed by atoms with E-state index in [0.717, 1.165) is 19.6 Å². The summed E-state index contributed by atoms with van der Waals surface area (Å²) in [6.45, 7) is 13.1. The Bertz CT molecular complexity index is 130. The molecule has 0 saturated heterocycles. The van der Waals surface area contributed by atoms with Gasteiger partial charge in [0.15, 0.2) is 0 Å². The van der Waals surface area contributed by atoms with E-state index in [1.54, 1.807) is 0 Å². The van der Waals surface area contributed by atoms with Gasteiger partial charge in [0, 0.05) is 6.61 Å². The average molecular weight is 202 g/mol. The van der Waals surface area contributed by atoms with Crippen LogP contribution in [0.5, 0.6) is 0 Å². The van der Waals surface area contributed by atoms with E-state index in [0.29, 0.717) is 12.5 Å². The highest BCUT2D eigenvalue weighted by Gasteiger charge is 2.22. The van der Waals surface area contributed by atoms with E-state index >= 15 is 0 Å². The van der Waals surface area contributed by atoms with Crippen LogP contribution in [0.1, 0.15) is 47.5 Å². The molecule has 0 aliphatic carbocycles. The standard InChI is InChI=1S/C12H26O2/c1-6-7-8-13-9-10-14-12(4,5)11(2)3/h11H,6-10H2,1-5H3. The van der Waals surface area contributed by atoms with Gasteiger partial charge in [0.05, 0.1) is 18.8 Å². The highest BCUT2D eigenvalue weighted by molar-refractivity contribution is 4.72. The Hall–Kier alpha value is -0.0800. The summed E-state index contributed by atoms with van der Waals surface area (Å²) in [6, 6.07) is 0. The third kappa shape index (κ3) is 6.39. The summed E-state index contributed by atoms with van der Waals surface area (Å²) in [7, 11) is 0. The van der Waals surface area contributed by atoms with Gasteiger partial charge in [-0.2, -0.15) is 0 Å². The fourth-order valence-corrected chi connectivity index (χ4v) is 0.879. The molecule has 0 amide bonds. The van der Waals surface area contributed by atoms with E-state index < -0.39 is 0 Å². The number of hydrogen-bond acceptors (Lipinski definition) is 2. The second-order valence-corrected chi connectivity index (χ2v) is 4.57. The molecule has 0 rings (SSSR count). The predicted molar refractivity (Wildman–Crippen MR) is 60.6 cm³/mol. The van der Waals surface area contributed by atoms with Crippen molar-refractivity contribution in [2.24, 2.45) is 5.92 Å². The van der Waals surface area contributed by atoms with Gasteiger partial charge in [0.25, 0.3) is 0 Å². The number of unbranched alkanes of at least 4 members (excludes halogenated alkanes) is 1. The third-order valence-corrected chi connectivity index (χ3v) is 2.73. The first-order chi connectivity index (χ1) is 6.50. The summed E-state index contributed by atoms with van der Waals surface area (Å²) in [5.74, 6) is 0.540. The lowest BCUT2D eigenvalue weighted by molar-refractivity contribution is -0.0714. The van der Waals surface area contributed by atoms with E-state index in [1.807, 2.05) is 0 Å². The van der Waals surface area contributed by atoms with Crippen molar-refractivity contribution in [2.75, 3.05) is 19.8 Å². The number of hydrogen-bond donors (Lipinski definition) is 0. The molecule has 0 aromatic rings. The quantitative estimate of drug-likeness (QED) is 0.562. The second-order valence-electron chi connectivity index (χ2n) is 4.57. The molecular formula is C12H26O2. The molecule has 0 unspecified atom stereocenters. The Morgan fingerprint density at radius 2 is 1.71 bits per heavy atom. The van der Waals surface area contributed by atoms with Gasteiger partial charge < -0.3 is 9.47 Å². The number of rotatable bonds is 8. The van der Waals surface area contributed by atoms with Gasteiger partial charge in [0.2, 0.25) is 0 Å². The van der Waals surface area contributed by atoms with E-state index in [1.165, 1.54) is 6.42 Å². The molecule has 2 heteroatoms. The largest absolute Gasteiger partial charge is 0.379 e. The Morgan fingerprint density at radius 3 is 2.21 bits per heavy atom. The highest BCUT2D eigenvalue weighted by atomic mass is 16.5. The molecule has 0 aliphatic heterocycles.